The summed E-state index contributed by atoms with van der Waals surface area (Å²) in [6.07, 6.45) is 1.67. The molecule has 8 nitrogen and oxygen atoms in total. The van der Waals surface area contributed by atoms with Crippen LogP contribution in [0.4, 0.5) is 5.88 Å². The number of halogens is 2. The van der Waals surface area contributed by atoms with Crippen molar-refractivity contribution in [1.29, 1.82) is 0 Å². The molecule has 0 radical (unpaired) electrons. The Balaban J connectivity index is 1.88. The van der Waals surface area contributed by atoms with E-state index in [2.05, 4.69) is 5.32 Å². The zero-order valence-corrected chi connectivity index (χ0v) is 16.5. The van der Waals surface area contributed by atoms with Crippen LogP contribution in [0, 0.1) is 10.1 Å². The van der Waals surface area contributed by atoms with E-state index in [-0.39, 0.29) is 11.7 Å². The van der Waals surface area contributed by atoms with E-state index < -0.39 is 29.3 Å². The van der Waals surface area contributed by atoms with Crippen molar-refractivity contribution in [2.75, 3.05) is 13.2 Å². The first kappa shape index (κ1) is 21.7. The van der Waals surface area contributed by atoms with Gasteiger partial charge in [-0.15, -0.1) is 0 Å². The second kappa shape index (κ2) is 10.1. The number of nitro groups is 1. The van der Waals surface area contributed by atoms with Crippen LogP contribution < -0.4 is 5.32 Å². The summed E-state index contributed by atoms with van der Waals surface area (Å²) in [6.45, 7) is 1.78. The maximum absolute atomic E-state index is 12.0. The van der Waals surface area contributed by atoms with Crippen LogP contribution in [-0.4, -0.2) is 30.0 Å². The van der Waals surface area contributed by atoms with Crippen molar-refractivity contribution in [1.82, 2.24) is 5.32 Å². The molecule has 0 aliphatic heterocycles. The standard InChI is InChI=1S/C18H18Cl2N2O6/c1-2-3-11(13-5-4-12(19)8-14(13)20)9-21-16(23)10-27-18(24)15-6-7-17(28-15)22(25)26/h4-8,11H,2-3,9-10H2,1H3,(H,21,23). The van der Waals surface area contributed by atoms with E-state index in [0.717, 1.165) is 30.5 Å². The fourth-order valence-corrected chi connectivity index (χ4v) is 3.14. The quantitative estimate of drug-likeness (QED) is 0.360. The molecule has 1 atom stereocenters. The summed E-state index contributed by atoms with van der Waals surface area (Å²) in [4.78, 5) is 33.5. The molecule has 0 aliphatic carbocycles. The topological polar surface area (TPSA) is 112 Å². The molecular weight excluding hydrogens is 411 g/mol. The van der Waals surface area contributed by atoms with Crippen LogP contribution in [0.1, 0.15) is 41.8 Å². The van der Waals surface area contributed by atoms with Crippen molar-refractivity contribution >= 4 is 41.0 Å². The molecule has 1 aromatic carbocycles. The predicted octanol–water partition coefficient (Wildman–Crippen LogP) is 4.35. The molecule has 1 unspecified atom stereocenters. The molecule has 1 heterocycles. The molecule has 150 valence electrons. The van der Waals surface area contributed by atoms with Gasteiger partial charge in [0.1, 0.15) is 4.92 Å². The smallest absolute Gasteiger partial charge is 0.433 e. The second-order valence-electron chi connectivity index (χ2n) is 5.93. The lowest BCUT2D eigenvalue weighted by molar-refractivity contribution is -0.402. The number of amides is 1. The van der Waals surface area contributed by atoms with Gasteiger partial charge in [-0.3, -0.25) is 14.9 Å². The highest BCUT2D eigenvalue weighted by molar-refractivity contribution is 6.35. The van der Waals surface area contributed by atoms with Crippen LogP contribution in [-0.2, 0) is 9.53 Å². The number of nitrogens with one attached hydrogen (secondary N) is 1. The van der Waals surface area contributed by atoms with Crippen molar-refractivity contribution in [2.45, 2.75) is 25.7 Å². The molecule has 1 N–H and O–H groups in total. The average molecular weight is 429 g/mol. The Morgan fingerprint density at radius 2 is 2.04 bits per heavy atom. The number of hydrogen-bond donors (Lipinski definition) is 1. The van der Waals surface area contributed by atoms with Gasteiger partial charge in [0.2, 0.25) is 5.76 Å². The highest BCUT2D eigenvalue weighted by Crippen LogP contribution is 2.30. The first-order valence-corrected chi connectivity index (χ1v) is 9.20. The van der Waals surface area contributed by atoms with Crippen molar-refractivity contribution in [2.24, 2.45) is 0 Å². The third kappa shape index (κ3) is 5.97. The molecule has 0 spiro atoms. The summed E-state index contributed by atoms with van der Waals surface area (Å²) < 4.78 is 9.53. The van der Waals surface area contributed by atoms with Gasteiger partial charge in [-0.05, 0) is 30.2 Å². The third-order valence-electron chi connectivity index (χ3n) is 3.89. The Hall–Kier alpha value is -2.58. The van der Waals surface area contributed by atoms with E-state index in [0.29, 0.717) is 16.6 Å². The normalized spacial score (nSPS) is 11.7. The Bertz CT molecular complexity index is 868. The number of hydrogen-bond acceptors (Lipinski definition) is 6. The highest BCUT2D eigenvalue weighted by Gasteiger charge is 2.20. The summed E-state index contributed by atoms with van der Waals surface area (Å²) in [7, 11) is 0. The summed E-state index contributed by atoms with van der Waals surface area (Å²) in [5.41, 5.74) is 0.869. The molecule has 0 fully saturated rings. The molecule has 0 bridgehead atoms. The SMILES string of the molecule is CCCC(CNC(=O)COC(=O)c1ccc([N+](=O)[O-])o1)c1ccc(Cl)cc1Cl. The second-order valence-corrected chi connectivity index (χ2v) is 6.77. The van der Waals surface area contributed by atoms with Gasteiger partial charge in [-0.2, -0.15) is 0 Å². The van der Waals surface area contributed by atoms with Crippen molar-refractivity contribution in [3.05, 3.63) is 61.8 Å². The lowest BCUT2D eigenvalue weighted by Crippen LogP contribution is -2.32. The van der Waals surface area contributed by atoms with E-state index in [1.165, 1.54) is 0 Å². The van der Waals surface area contributed by atoms with Gasteiger partial charge in [-0.25, -0.2) is 4.79 Å². The van der Waals surface area contributed by atoms with Gasteiger partial charge < -0.3 is 14.5 Å². The minimum absolute atomic E-state index is 0.0258. The van der Waals surface area contributed by atoms with E-state index in [1.54, 1.807) is 12.1 Å². The van der Waals surface area contributed by atoms with Crippen LogP contribution in [0.3, 0.4) is 0 Å². The summed E-state index contributed by atoms with van der Waals surface area (Å²) in [6, 6.07) is 7.34. The lowest BCUT2D eigenvalue weighted by Gasteiger charge is -2.19. The van der Waals surface area contributed by atoms with Gasteiger partial charge in [0.25, 0.3) is 5.91 Å². The molecule has 1 aromatic heterocycles. The maximum Gasteiger partial charge on any atom is 0.433 e. The first-order chi connectivity index (χ1) is 13.3. The molecule has 2 rings (SSSR count). The molecule has 10 heteroatoms. The average Bonchev–Trinajstić information content (AvgIpc) is 3.14. The van der Waals surface area contributed by atoms with Crippen molar-refractivity contribution in [3.63, 3.8) is 0 Å². The van der Waals surface area contributed by atoms with Crippen molar-refractivity contribution < 1.29 is 23.7 Å². The number of furan rings is 1. The molecule has 0 saturated heterocycles. The summed E-state index contributed by atoms with van der Waals surface area (Å²) in [5.74, 6) is -2.44. The third-order valence-corrected chi connectivity index (χ3v) is 4.45. The van der Waals surface area contributed by atoms with Crippen LogP contribution in [0.5, 0.6) is 0 Å². The van der Waals surface area contributed by atoms with Gasteiger partial charge in [0.15, 0.2) is 6.61 Å². The minimum atomic E-state index is -0.964. The minimum Gasteiger partial charge on any atom is -0.450 e. The van der Waals surface area contributed by atoms with Crippen LogP contribution in [0.25, 0.3) is 0 Å². The van der Waals surface area contributed by atoms with Gasteiger partial charge in [0, 0.05) is 22.5 Å². The number of carbonyl (C=O) groups is 2. The molecule has 0 saturated carbocycles. The largest absolute Gasteiger partial charge is 0.450 e. The van der Waals surface area contributed by atoms with Crippen LogP contribution in [0.2, 0.25) is 10.0 Å². The fourth-order valence-electron chi connectivity index (χ4n) is 2.57. The Kier molecular flexibility index (Phi) is 7.83. The van der Waals surface area contributed by atoms with Gasteiger partial charge in [-0.1, -0.05) is 42.6 Å². The number of nitrogens with zero attached hydrogens (tertiary/aromatic N) is 1. The van der Waals surface area contributed by atoms with Gasteiger partial charge >= 0.3 is 11.9 Å². The van der Waals surface area contributed by atoms with E-state index in [9.17, 15) is 19.7 Å². The number of carbonyl (C=O) groups excluding carboxylic acids is 2. The Morgan fingerprint density at radius 3 is 2.64 bits per heavy atom. The zero-order valence-electron chi connectivity index (χ0n) is 14.9. The van der Waals surface area contributed by atoms with Crippen LogP contribution >= 0.6 is 23.2 Å². The molecule has 2 aromatic rings. The van der Waals surface area contributed by atoms with E-state index >= 15 is 0 Å². The molecular formula is C18H18Cl2N2O6. The lowest BCUT2D eigenvalue weighted by atomic mass is 9.94. The Morgan fingerprint density at radius 1 is 1.29 bits per heavy atom. The number of benzene rings is 1. The van der Waals surface area contributed by atoms with Crippen molar-refractivity contribution in [3.8, 4) is 0 Å². The van der Waals surface area contributed by atoms with E-state index in [4.69, 9.17) is 32.4 Å². The number of esters is 1. The zero-order chi connectivity index (χ0) is 20.7. The Labute approximate surface area is 170 Å². The molecule has 1 amide bonds. The monoisotopic (exact) mass is 428 g/mol. The molecule has 28 heavy (non-hydrogen) atoms. The predicted molar refractivity (Wildman–Crippen MR) is 103 cm³/mol. The van der Waals surface area contributed by atoms with Gasteiger partial charge in [0.05, 0.1) is 6.07 Å². The number of ether oxygens (including phenoxy) is 1. The molecule has 0 aliphatic rings. The highest BCUT2D eigenvalue weighted by atomic mass is 35.5. The first-order valence-electron chi connectivity index (χ1n) is 8.44. The summed E-state index contributed by atoms with van der Waals surface area (Å²) in [5, 5.41) is 14.3. The number of rotatable bonds is 9. The maximum atomic E-state index is 12.0. The van der Waals surface area contributed by atoms with Crippen LogP contribution in [0.15, 0.2) is 34.7 Å². The van der Waals surface area contributed by atoms with E-state index in [1.807, 2.05) is 13.0 Å². The summed E-state index contributed by atoms with van der Waals surface area (Å²) >= 11 is 12.2. The fraction of sp³-hybridized carbons (Fsp3) is 0.333.